The molecule has 1 aliphatic rings. The number of carbonyl (C=O) groups is 3. The summed E-state index contributed by atoms with van der Waals surface area (Å²) in [6, 6.07) is 6.31. The molecule has 0 aliphatic carbocycles. The molecule has 0 saturated carbocycles. The second kappa shape index (κ2) is 6.39. The topological polar surface area (TPSA) is 78.5 Å². The molecule has 1 saturated heterocycles. The molecule has 2 N–H and O–H groups in total. The van der Waals surface area contributed by atoms with E-state index in [2.05, 4.69) is 10.6 Å². The Hall–Kier alpha value is -2.37. The molecule has 0 radical (unpaired) electrons. The summed E-state index contributed by atoms with van der Waals surface area (Å²) in [5.74, 6) is -0.498. The normalized spacial score (nSPS) is 18.1. The fourth-order valence-corrected chi connectivity index (χ4v) is 2.46. The van der Waals surface area contributed by atoms with Gasteiger partial charge in [-0.2, -0.15) is 0 Å². The van der Waals surface area contributed by atoms with E-state index in [9.17, 15) is 14.4 Å². The van der Waals surface area contributed by atoms with Crippen LogP contribution in [0.4, 0.5) is 5.69 Å². The van der Waals surface area contributed by atoms with E-state index in [1.54, 1.807) is 29.2 Å². The average molecular weight is 289 g/mol. The van der Waals surface area contributed by atoms with Crippen molar-refractivity contribution < 1.29 is 14.4 Å². The number of rotatable bonds is 3. The fraction of sp³-hybridized carbons (Fsp3) is 0.400. The van der Waals surface area contributed by atoms with Gasteiger partial charge in [0.25, 0.3) is 5.91 Å². The standard InChI is InChI=1S/C15H19N3O3/c1-3-13-14(20)16-7-8-18(13)15(21)11-5-4-6-12(9-11)17-10(2)19/h4-6,9,13H,3,7-8H2,1-2H3,(H,16,20)(H,17,19). The molecule has 2 rings (SSSR count). The Morgan fingerprint density at radius 3 is 2.86 bits per heavy atom. The highest BCUT2D eigenvalue weighted by Crippen LogP contribution is 2.17. The summed E-state index contributed by atoms with van der Waals surface area (Å²) in [5, 5.41) is 5.41. The average Bonchev–Trinajstić information content (AvgIpc) is 2.45. The summed E-state index contributed by atoms with van der Waals surface area (Å²) in [4.78, 5) is 37.1. The van der Waals surface area contributed by atoms with Crippen LogP contribution in [-0.2, 0) is 9.59 Å². The van der Waals surface area contributed by atoms with Crippen molar-refractivity contribution in [2.24, 2.45) is 0 Å². The summed E-state index contributed by atoms with van der Waals surface area (Å²) in [6.07, 6.45) is 0.572. The van der Waals surface area contributed by atoms with Gasteiger partial charge in [0, 0.05) is 31.3 Å². The van der Waals surface area contributed by atoms with Gasteiger partial charge in [-0.25, -0.2) is 0 Å². The molecule has 1 unspecified atom stereocenters. The molecule has 1 atom stereocenters. The summed E-state index contributed by atoms with van der Waals surface area (Å²) in [7, 11) is 0. The van der Waals surface area contributed by atoms with Gasteiger partial charge in [-0.1, -0.05) is 13.0 Å². The third-order valence-corrected chi connectivity index (χ3v) is 3.41. The van der Waals surface area contributed by atoms with E-state index in [1.165, 1.54) is 6.92 Å². The minimum atomic E-state index is -0.435. The number of amides is 3. The molecule has 1 fully saturated rings. The van der Waals surface area contributed by atoms with E-state index < -0.39 is 6.04 Å². The largest absolute Gasteiger partial charge is 0.353 e. The lowest BCUT2D eigenvalue weighted by Gasteiger charge is -2.34. The Balaban J connectivity index is 2.22. The first-order valence-corrected chi connectivity index (χ1v) is 6.99. The molecule has 112 valence electrons. The minimum absolute atomic E-state index is 0.116. The lowest BCUT2D eigenvalue weighted by Crippen LogP contribution is -2.56. The predicted octanol–water partition coefficient (Wildman–Crippen LogP) is 0.996. The van der Waals surface area contributed by atoms with Crippen molar-refractivity contribution in [3.8, 4) is 0 Å². The SMILES string of the molecule is CCC1C(=O)NCCN1C(=O)c1cccc(NC(C)=O)c1. The monoisotopic (exact) mass is 289 g/mol. The Bertz CT molecular complexity index is 571. The highest BCUT2D eigenvalue weighted by atomic mass is 16.2. The first-order valence-electron chi connectivity index (χ1n) is 6.99. The second-order valence-corrected chi connectivity index (χ2v) is 4.98. The summed E-state index contributed by atoms with van der Waals surface area (Å²) in [6.45, 7) is 4.25. The van der Waals surface area contributed by atoms with Gasteiger partial charge in [-0.15, -0.1) is 0 Å². The molecule has 6 nitrogen and oxygen atoms in total. The van der Waals surface area contributed by atoms with Crippen molar-refractivity contribution in [1.29, 1.82) is 0 Å². The molecule has 3 amide bonds. The molecule has 1 aromatic rings. The van der Waals surface area contributed by atoms with E-state index in [4.69, 9.17) is 0 Å². The van der Waals surface area contributed by atoms with Crippen molar-refractivity contribution in [2.45, 2.75) is 26.3 Å². The molecule has 1 heterocycles. The van der Waals surface area contributed by atoms with Crippen LogP contribution in [0.15, 0.2) is 24.3 Å². The molecule has 0 spiro atoms. The first kappa shape index (κ1) is 15.0. The van der Waals surface area contributed by atoms with E-state index in [0.717, 1.165) is 0 Å². The summed E-state index contributed by atoms with van der Waals surface area (Å²) >= 11 is 0. The van der Waals surface area contributed by atoms with Crippen LogP contribution < -0.4 is 10.6 Å². The van der Waals surface area contributed by atoms with Gasteiger partial charge in [-0.3, -0.25) is 14.4 Å². The molecule has 0 bridgehead atoms. The van der Waals surface area contributed by atoms with Crippen LogP contribution in [0.5, 0.6) is 0 Å². The Kier molecular flexibility index (Phi) is 4.57. The number of nitrogens with zero attached hydrogens (tertiary/aromatic N) is 1. The zero-order chi connectivity index (χ0) is 15.4. The predicted molar refractivity (Wildman–Crippen MR) is 78.9 cm³/mol. The van der Waals surface area contributed by atoms with Gasteiger partial charge in [0.2, 0.25) is 11.8 Å². The van der Waals surface area contributed by atoms with Gasteiger partial charge in [-0.05, 0) is 24.6 Å². The maximum atomic E-state index is 12.6. The number of hydrogen-bond donors (Lipinski definition) is 2. The quantitative estimate of drug-likeness (QED) is 0.871. The summed E-state index contributed by atoms with van der Waals surface area (Å²) in [5.41, 5.74) is 1.04. The zero-order valence-corrected chi connectivity index (χ0v) is 12.2. The molecular weight excluding hydrogens is 270 g/mol. The summed E-state index contributed by atoms with van der Waals surface area (Å²) < 4.78 is 0. The number of benzene rings is 1. The maximum Gasteiger partial charge on any atom is 0.254 e. The third kappa shape index (κ3) is 3.39. The van der Waals surface area contributed by atoms with Crippen LogP contribution >= 0.6 is 0 Å². The van der Waals surface area contributed by atoms with Gasteiger partial charge in [0.1, 0.15) is 6.04 Å². The van der Waals surface area contributed by atoms with Gasteiger partial charge < -0.3 is 15.5 Å². The Labute approximate surface area is 123 Å². The van der Waals surface area contributed by atoms with E-state index >= 15 is 0 Å². The van der Waals surface area contributed by atoms with Crippen LogP contribution in [0.25, 0.3) is 0 Å². The van der Waals surface area contributed by atoms with Crippen molar-refractivity contribution >= 4 is 23.4 Å². The molecule has 6 heteroatoms. The molecule has 1 aromatic carbocycles. The van der Waals surface area contributed by atoms with Gasteiger partial charge >= 0.3 is 0 Å². The van der Waals surface area contributed by atoms with Gasteiger partial charge in [0.05, 0.1) is 0 Å². The van der Waals surface area contributed by atoms with Gasteiger partial charge in [0.15, 0.2) is 0 Å². The molecule has 1 aliphatic heterocycles. The van der Waals surface area contributed by atoms with Crippen LogP contribution in [0.2, 0.25) is 0 Å². The Morgan fingerprint density at radius 1 is 1.43 bits per heavy atom. The zero-order valence-electron chi connectivity index (χ0n) is 12.2. The number of piperazine rings is 1. The van der Waals surface area contributed by atoms with Crippen LogP contribution in [0.1, 0.15) is 30.6 Å². The Morgan fingerprint density at radius 2 is 2.19 bits per heavy atom. The highest BCUT2D eigenvalue weighted by molar-refractivity contribution is 5.99. The molecule has 0 aromatic heterocycles. The smallest absolute Gasteiger partial charge is 0.254 e. The van der Waals surface area contributed by atoms with Crippen molar-refractivity contribution in [3.05, 3.63) is 29.8 Å². The van der Waals surface area contributed by atoms with E-state index in [-0.39, 0.29) is 17.7 Å². The van der Waals surface area contributed by atoms with Crippen molar-refractivity contribution in [3.63, 3.8) is 0 Å². The van der Waals surface area contributed by atoms with E-state index in [1.807, 2.05) is 6.92 Å². The molecular formula is C15H19N3O3. The van der Waals surface area contributed by atoms with E-state index in [0.29, 0.717) is 30.8 Å². The third-order valence-electron chi connectivity index (χ3n) is 3.41. The number of anilines is 1. The van der Waals surface area contributed by atoms with Crippen LogP contribution in [0.3, 0.4) is 0 Å². The fourth-order valence-electron chi connectivity index (χ4n) is 2.46. The second-order valence-electron chi connectivity index (χ2n) is 4.98. The first-order chi connectivity index (χ1) is 10.0. The lowest BCUT2D eigenvalue weighted by molar-refractivity contribution is -0.127. The number of carbonyl (C=O) groups excluding carboxylic acids is 3. The number of nitrogens with one attached hydrogen (secondary N) is 2. The van der Waals surface area contributed by atoms with Crippen LogP contribution in [0, 0.1) is 0 Å². The van der Waals surface area contributed by atoms with Crippen molar-refractivity contribution in [2.75, 3.05) is 18.4 Å². The minimum Gasteiger partial charge on any atom is -0.353 e. The highest BCUT2D eigenvalue weighted by Gasteiger charge is 2.32. The number of hydrogen-bond acceptors (Lipinski definition) is 3. The van der Waals surface area contributed by atoms with Crippen molar-refractivity contribution in [1.82, 2.24) is 10.2 Å². The molecule has 21 heavy (non-hydrogen) atoms. The van der Waals surface area contributed by atoms with Crippen LogP contribution in [-0.4, -0.2) is 41.8 Å². The lowest BCUT2D eigenvalue weighted by atomic mass is 10.1. The maximum absolute atomic E-state index is 12.6.